The smallest absolute Gasteiger partial charge is 0.257 e. The summed E-state index contributed by atoms with van der Waals surface area (Å²) < 4.78 is 5.77. The van der Waals surface area contributed by atoms with Gasteiger partial charge in [-0.2, -0.15) is 0 Å². The van der Waals surface area contributed by atoms with Crippen molar-refractivity contribution in [3.05, 3.63) is 59.7 Å². The van der Waals surface area contributed by atoms with E-state index >= 15 is 0 Å². The molecule has 0 unspecified atom stereocenters. The Morgan fingerprint density at radius 2 is 2.00 bits per heavy atom. The van der Waals surface area contributed by atoms with Crippen molar-refractivity contribution in [3.8, 4) is 0 Å². The molecule has 2 amide bonds. The summed E-state index contributed by atoms with van der Waals surface area (Å²) in [6, 6.07) is 15.2. The molecule has 27 heavy (non-hydrogen) atoms. The molecule has 6 nitrogen and oxygen atoms in total. The van der Waals surface area contributed by atoms with Crippen LogP contribution in [0.25, 0.3) is 0 Å². The largest absolute Gasteiger partial charge is 0.376 e. The molecule has 2 aromatic carbocycles. The predicted molar refractivity (Wildman–Crippen MR) is 104 cm³/mol. The lowest BCUT2D eigenvalue weighted by molar-refractivity contribution is -0.114. The van der Waals surface area contributed by atoms with E-state index in [4.69, 9.17) is 4.74 Å². The van der Waals surface area contributed by atoms with E-state index < -0.39 is 0 Å². The van der Waals surface area contributed by atoms with Crippen LogP contribution in [-0.2, 0) is 9.53 Å². The average molecular weight is 365 g/mol. The molecule has 0 aliphatic carbocycles. The topological polar surface area (TPSA) is 70.7 Å². The minimum Gasteiger partial charge on any atom is -0.376 e. The van der Waals surface area contributed by atoms with Crippen LogP contribution in [0.15, 0.2) is 48.5 Å². The zero-order valence-corrected chi connectivity index (χ0v) is 15.3. The number of carbonyl (C=O) groups is 2. The molecule has 2 aromatic rings. The van der Waals surface area contributed by atoms with Crippen LogP contribution in [-0.4, -0.2) is 36.0 Å². The zero-order chi connectivity index (χ0) is 18.8. The van der Waals surface area contributed by atoms with Gasteiger partial charge in [-0.3, -0.25) is 9.59 Å². The molecule has 1 fully saturated rings. The van der Waals surface area contributed by atoms with E-state index in [2.05, 4.69) is 10.6 Å². The Balaban J connectivity index is 1.65. The van der Waals surface area contributed by atoms with E-state index in [1.54, 1.807) is 0 Å². The number of ether oxygens (including phenoxy) is 1. The van der Waals surface area contributed by atoms with Crippen LogP contribution in [0.4, 0.5) is 11.4 Å². The van der Waals surface area contributed by atoms with Crippen molar-refractivity contribution in [1.29, 1.82) is 0 Å². The highest BCUT2D eigenvalue weighted by Crippen LogP contribution is 2.34. The van der Waals surface area contributed by atoms with Crippen molar-refractivity contribution in [2.24, 2.45) is 0 Å². The molecule has 2 aliphatic heterocycles. The zero-order valence-electron chi connectivity index (χ0n) is 15.3. The lowest BCUT2D eigenvalue weighted by atomic mass is 10.0. The molecule has 0 radical (unpaired) electrons. The molecule has 140 valence electrons. The maximum absolute atomic E-state index is 13.2. The Morgan fingerprint density at radius 1 is 1.22 bits per heavy atom. The third-order valence-electron chi connectivity index (χ3n) is 4.99. The van der Waals surface area contributed by atoms with Crippen LogP contribution in [0.5, 0.6) is 0 Å². The first-order valence-electron chi connectivity index (χ1n) is 9.27. The molecule has 4 rings (SSSR count). The summed E-state index contributed by atoms with van der Waals surface area (Å²) in [6.45, 7) is 2.79. The summed E-state index contributed by atoms with van der Waals surface area (Å²) in [4.78, 5) is 26.3. The SMILES string of the molecule is CC(=O)Nc1ccc([C@@H]2Nc3ccccc3C(=O)N2C[C@@H]2CCCO2)cc1. The second-order valence-electron chi connectivity index (χ2n) is 6.99. The van der Waals surface area contributed by atoms with Crippen LogP contribution in [0.3, 0.4) is 0 Å². The van der Waals surface area contributed by atoms with Crippen molar-refractivity contribution in [2.75, 3.05) is 23.8 Å². The van der Waals surface area contributed by atoms with Crippen LogP contribution in [0.1, 0.15) is 41.9 Å². The summed E-state index contributed by atoms with van der Waals surface area (Å²) in [5, 5.41) is 6.26. The first kappa shape index (κ1) is 17.5. The lowest BCUT2D eigenvalue weighted by Gasteiger charge is -2.39. The van der Waals surface area contributed by atoms with Crippen LogP contribution in [0, 0.1) is 0 Å². The first-order chi connectivity index (χ1) is 13.1. The van der Waals surface area contributed by atoms with Crippen LogP contribution < -0.4 is 10.6 Å². The van der Waals surface area contributed by atoms with Crippen molar-refractivity contribution in [1.82, 2.24) is 4.90 Å². The Morgan fingerprint density at radius 3 is 2.70 bits per heavy atom. The predicted octanol–water partition coefficient (Wildman–Crippen LogP) is 3.39. The molecular formula is C21H23N3O3. The van der Waals surface area contributed by atoms with Gasteiger partial charge in [-0.25, -0.2) is 0 Å². The molecule has 6 heteroatoms. The van der Waals surface area contributed by atoms with Gasteiger partial charge in [-0.15, -0.1) is 0 Å². The summed E-state index contributed by atoms with van der Waals surface area (Å²) in [7, 11) is 0. The Kier molecular flexibility index (Phi) is 4.81. The number of benzene rings is 2. The Hall–Kier alpha value is -2.86. The number of fused-ring (bicyclic) bond motifs is 1. The van der Waals surface area contributed by atoms with E-state index in [-0.39, 0.29) is 24.1 Å². The van der Waals surface area contributed by atoms with Crippen molar-refractivity contribution in [3.63, 3.8) is 0 Å². The molecule has 2 atom stereocenters. The third kappa shape index (κ3) is 3.66. The molecule has 0 bridgehead atoms. The van der Waals surface area contributed by atoms with Crippen molar-refractivity contribution in [2.45, 2.75) is 32.0 Å². The maximum Gasteiger partial charge on any atom is 0.257 e. The minimum atomic E-state index is -0.275. The van der Waals surface area contributed by atoms with Gasteiger partial charge < -0.3 is 20.3 Å². The van der Waals surface area contributed by atoms with Gasteiger partial charge >= 0.3 is 0 Å². The molecular weight excluding hydrogens is 342 g/mol. The van der Waals surface area contributed by atoms with Crippen LogP contribution in [0.2, 0.25) is 0 Å². The standard InChI is InChI=1S/C21H23N3O3/c1-14(25)22-16-10-8-15(9-11-16)20-23-19-7-3-2-6-18(19)21(26)24(20)13-17-5-4-12-27-17/h2-3,6-11,17,20,23H,4-5,12-13H2,1H3,(H,22,25)/t17-,20+/m0/s1. The van der Waals surface area contributed by atoms with E-state index in [9.17, 15) is 9.59 Å². The molecule has 2 N–H and O–H groups in total. The average Bonchev–Trinajstić information content (AvgIpc) is 3.17. The molecule has 2 aliphatic rings. The second-order valence-corrected chi connectivity index (χ2v) is 6.99. The molecule has 0 spiro atoms. The number of para-hydroxylation sites is 1. The number of rotatable bonds is 4. The molecule has 0 saturated carbocycles. The monoisotopic (exact) mass is 365 g/mol. The van der Waals surface area contributed by atoms with Gasteiger partial charge in [0.05, 0.1) is 11.7 Å². The summed E-state index contributed by atoms with van der Waals surface area (Å²) in [5.74, 6) is -0.0987. The van der Waals surface area contributed by atoms with Gasteiger partial charge in [0.15, 0.2) is 0 Å². The number of carbonyl (C=O) groups excluding carboxylic acids is 2. The van der Waals surface area contributed by atoms with Gasteiger partial charge in [0.1, 0.15) is 6.17 Å². The second kappa shape index (κ2) is 7.40. The Bertz CT molecular complexity index is 844. The van der Waals surface area contributed by atoms with Gasteiger partial charge in [0.2, 0.25) is 5.91 Å². The fourth-order valence-corrected chi connectivity index (χ4v) is 3.70. The molecule has 2 heterocycles. The molecule has 1 saturated heterocycles. The summed E-state index contributed by atoms with van der Waals surface area (Å²) >= 11 is 0. The van der Waals surface area contributed by atoms with E-state index in [0.717, 1.165) is 36.4 Å². The quantitative estimate of drug-likeness (QED) is 0.871. The summed E-state index contributed by atoms with van der Waals surface area (Å²) in [6.07, 6.45) is 1.80. The van der Waals surface area contributed by atoms with E-state index in [0.29, 0.717) is 12.1 Å². The number of hydrogen-bond donors (Lipinski definition) is 2. The highest BCUT2D eigenvalue weighted by molar-refractivity contribution is 6.01. The van der Waals surface area contributed by atoms with E-state index in [1.807, 2.05) is 53.4 Å². The number of hydrogen-bond acceptors (Lipinski definition) is 4. The van der Waals surface area contributed by atoms with E-state index in [1.165, 1.54) is 6.92 Å². The Labute approximate surface area is 158 Å². The van der Waals surface area contributed by atoms with Gasteiger partial charge in [0, 0.05) is 31.5 Å². The normalized spacial score (nSPS) is 21.5. The highest BCUT2D eigenvalue weighted by atomic mass is 16.5. The van der Waals surface area contributed by atoms with Crippen molar-refractivity contribution >= 4 is 23.2 Å². The van der Waals surface area contributed by atoms with Gasteiger partial charge in [-0.05, 0) is 42.7 Å². The van der Waals surface area contributed by atoms with Crippen LogP contribution >= 0.6 is 0 Å². The van der Waals surface area contributed by atoms with Gasteiger partial charge in [0.25, 0.3) is 5.91 Å². The molecule has 0 aromatic heterocycles. The fourth-order valence-electron chi connectivity index (χ4n) is 3.70. The number of amides is 2. The lowest BCUT2D eigenvalue weighted by Crippen LogP contribution is -2.46. The number of nitrogens with zero attached hydrogens (tertiary/aromatic N) is 1. The first-order valence-corrected chi connectivity index (χ1v) is 9.27. The summed E-state index contributed by atoms with van der Waals surface area (Å²) in [5.41, 5.74) is 3.22. The number of nitrogens with one attached hydrogen (secondary N) is 2. The highest BCUT2D eigenvalue weighted by Gasteiger charge is 2.35. The minimum absolute atomic E-state index is 0.00999. The van der Waals surface area contributed by atoms with Gasteiger partial charge in [-0.1, -0.05) is 24.3 Å². The maximum atomic E-state index is 13.2. The third-order valence-corrected chi connectivity index (χ3v) is 4.99. The van der Waals surface area contributed by atoms with Crippen molar-refractivity contribution < 1.29 is 14.3 Å². The number of anilines is 2. The fraction of sp³-hybridized carbons (Fsp3) is 0.333.